The number of carbonyl (C=O) groups is 2. The number of nitrogens with one attached hydrogen (secondary N) is 1. The normalized spacial score (nSPS) is 11.7. The van der Waals surface area contributed by atoms with Crippen molar-refractivity contribution in [1.82, 2.24) is 5.32 Å². The summed E-state index contributed by atoms with van der Waals surface area (Å²) in [5.41, 5.74) is 9.06. The molecule has 0 saturated heterocycles. The summed E-state index contributed by atoms with van der Waals surface area (Å²) in [4.78, 5) is 22.2. The lowest BCUT2D eigenvalue weighted by atomic mass is 10.0. The first kappa shape index (κ1) is 16.7. The van der Waals surface area contributed by atoms with Crippen LogP contribution < -0.4 is 11.1 Å². The van der Waals surface area contributed by atoms with E-state index in [4.69, 9.17) is 10.8 Å². The molecular formula is C18H20N2O3. The van der Waals surface area contributed by atoms with Crippen LogP contribution in [-0.4, -0.2) is 29.6 Å². The summed E-state index contributed by atoms with van der Waals surface area (Å²) in [6, 6.07) is 17.2. The van der Waals surface area contributed by atoms with E-state index in [1.807, 2.05) is 54.6 Å². The molecule has 120 valence electrons. The second-order valence-corrected chi connectivity index (χ2v) is 5.31. The molecule has 0 radical (unpaired) electrons. The number of benzene rings is 2. The molecule has 5 nitrogen and oxygen atoms in total. The molecule has 23 heavy (non-hydrogen) atoms. The standard InChI is InChI=1S/C18H20N2O3/c19-16(18(23)20-11-10-17(21)22)12-13-6-8-15(9-7-13)14-4-2-1-3-5-14/h1-9,16H,10-12,19H2,(H,20,23)(H,21,22)/t16-/m0/s1. The molecule has 0 heterocycles. The Balaban J connectivity index is 1.90. The topological polar surface area (TPSA) is 92.4 Å². The molecule has 0 unspecified atom stereocenters. The number of rotatable bonds is 7. The lowest BCUT2D eigenvalue weighted by Crippen LogP contribution is -2.42. The SMILES string of the molecule is N[C@@H](Cc1ccc(-c2ccccc2)cc1)C(=O)NCCC(=O)O. The minimum Gasteiger partial charge on any atom is -0.481 e. The van der Waals surface area contributed by atoms with E-state index in [-0.39, 0.29) is 18.9 Å². The average molecular weight is 312 g/mol. The van der Waals surface area contributed by atoms with Gasteiger partial charge in [0, 0.05) is 6.54 Å². The van der Waals surface area contributed by atoms with Gasteiger partial charge >= 0.3 is 5.97 Å². The quantitative estimate of drug-likeness (QED) is 0.727. The second-order valence-electron chi connectivity index (χ2n) is 5.31. The third-order valence-corrected chi connectivity index (χ3v) is 3.49. The Kier molecular flexibility index (Phi) is 5.88. The number of nitrogens with two attached hydrogens (primary N) is 1. The molecule has 2 aromatic carbocycles. The van der Waals surface area contributed by atoms with Gasteiger partial charge in [-0.15, -0.1) is 0 Å². The van der Waals surface area contributed by atoms with Gasteiger partial charge in [-0.05, 0) is 23.1 Å². The maximum absolute atomic E-state index is 11.8. The number of carboxylic acid groups (broad SMARTS) is 1. The Morgan fingerprint density at radius 1 is 1.00 bits per heavy atom. The molecule has 1 amide bonds. The Bertz CT molecular complexity index is 654. The van der Waals surface area contributed by atoms with Crippen LogP contribution in [0.15, 0.2) is 54.6 Å². The summed E-state index contributed by atoms with van der Waals surface area (Å²) in [6.07, 6.45) is 0.304. The second kappa shape index (κ2) is 8.10. The van der Waals surface area contributed by atoms with E-state index < -0.39 is 12.0 Å². The van der Waals surface area contributed by atoms with Gasteiger partial charge in [-0.25, -0.2) is 0 Å². The first-order chi connectivity index (χ1) is 11.1. The number of amides is 1. The van der Waals surface area contributed by atoms with Gasteiger partial charge in [-0.3, -0.25) is 9.59 Å². The summed E-state index contributed by atoms with van der Waals surface area (Å²) < 4.78 is 0. The van der Waals surface area contributed by atoms with Crippen LogP contribution in [0.2, 0.25) is 0 Å². The molecule has 0 aliphatic carbocycles. The van der Waals surface area contributed by atoms with E-state index in [0.717, 1.165) is 16.7 Å². The number of carbonyl (C=O) groups excluding carboxylic acids is 1. The molecule has 2 aromatic rings. The van der Waals surface area contributed by atoms with E-state index >= 15 is 0 Å². The zero-order valence-electron chi connectivity index (χ0n) is 12.7. The van der Waals surface area contributed by atoms with Crippen LogP contribution in [0.4, 0.5) is 0 Å². The van der Waals surface area contributed by atoms with Crippen molar-refractivity contribution >= 4 is 11.9 Å². The van der Waals surface area contributed by atoms with Gasteiger partial charge in [0.05, 0.1) is 12.5 Å². The highest BCUT2D eigenvalue weighted by Crippen LogP contribution is 2.19. The first-order valence-corrected chi connectivity index (χ1v) is 7.45. The molecule has 4 N–H and O–H groups in total. The minimum atomic E-state index is -0.949. The van der Waals surface area contributed by atoms with Crippen molar-refractivity contribution in [2.75, 3.05) is 6.54 Å². The van der Waals surface area contributed by atoms with E-state index in [2.05, 4.69) is 5.32 Å². The molecule has 0 bridgehead atoms. The molecule has 0 aliphatic rings. The number of aliphatic carboxylic acids is 1. The van der Waals surface area contributed by atoms with Gasteiger partial charge in [0.15, 0.2) is 0 Å². The van der Waals surface area contributed by atoms with Gasteiger partial charge in [-0.2, -0.15) is 0 Å². The molecule has 0 saturated carbocycles. The van der Waals surface area contributed by atoms with Crippen LogP contribution in [0.1, 0.15) is 12.0 Å². The summed E-state index contributed by atoms with van der Waals surface area (Å²) in [6.45, 7) is 0.0921. The van der Waals surface area contributed by atoms with E-state index in [9.17, 15) is 9.59 Å². The maximum atomic E-state index is 11.8. The highest BCUT2D eigenvalue weighted by molar-refractivity contribution is 5.82. The maximum Gasteiger partial charge on any atom is 0.305 e. The van der Waals surface area contributed by atoms with Crippen molar-refractivity contribution in [3.05, 3.63) is 60.2 Å². The fourth-order valence-electron chi connectivity index (χ4n) is 2.23. The summed E-state index contributed by atoms with van der Waals surface area (Å²) in [7, 11) is 0. The van der Waals surface area contributed by atoms with E-state index in [1.165, 1.54) is 0 Å². The number of hydrogen-bond donors (Lipinski definition) is 3. The zero-order chi connectivity index (χ0) is 16.7. The fourth-order valence-corrected chi connectivity index (χ4v) is 2.23. The predicted molar refractivity (Wildman–Crippen MR) is 88.8 cm³/mol. The van der Waals surface area contributed by atoms with Gasteiger partial charge in [-0.1, -0.05) is 54.6 Å². The molecule has 0 spiro atoms. The molecule has 1 atom stereocenters. The Labute approximate surface area is 135 Å². The minimum absolute atomic E-state index is 0.0921. The van der Waals surface area contributed by atoms with E-state index in [0.29, 0.717) is 6.42 Å². The van der Waals surface area contributed by atoms with Crippen molar-refractivity contribution in [2.24, 2.45) is 5.73 Å². The Morgan fingerprint density at radius 3 is 2.22 bits per heavy atom. The van der Waals surface area contributed by atoms with E-state index in [1.54, 1.807) is 0 Å². The van der Waals surface area contributed by atoms with Crippen molar-refractivity contribution < 1.29 is 14.7 Å². The average Bonchev–Trinajstić information content (AvgIpc) is 2.56. The lowest BCUT2D eigenvalue weighted by molar-refractivity contribution is -0.136. The Morgan fingerprint density at radius 2 is 1.61 bits per heavy atom. The van der Waals surface area contributed by atoms with Crippen LogP contribution in [0, 0.1) is 0 Å². The number of hydrogen-bond acceptors (Lipinski definition) is 3. The molecule has 2 rings (SSSR count). The molecule has 0 fully saturated rings. The van der Waals surface area contributed by atoms with Crippen LogP contribution in [0.3, 0.4) is 0 Å². The van der Waals surface area contributed by atoms with Crippen LogP contribution >= 0.6 is 0 Å². The Hall–Kier alpha value is -2.66. The van der Waals surface area contributed by atoms with Crippen LogP contribution in [0.5, 0.6) is 0 Å². The van der Waals surface area contributed by atoms with Crippen molar-refractivity contribution in [3.8, 4) is 11.1 Å². The predicted octanol–water partition coefficient (Wildman–Crippen LogP) is 1.81. The molecule has 0 aromatic heterocycles. The third kappa shape index (κ3) is 5.23. The smallest absolute Gasteiger partial charge is 0.305 e. The fraction of sp³-hybridized carbons (Fsp3) is 0.222. The molecular weight excluding hydrogens is 292 g/mol. The zero-order valence-corrected chi connectivity index (χ0v) is 12.7. The summed E-state index contributed by atoms with van der Waals surface area (Å²) in [5, 5.41) is 11.1. The van der Waals surface area contributed by atoms with Gasteiger partial charge in [0.2, 0.25) is 5.91 Å². The highest BCUT2D eigenvalue weighted by Gasteiger charge is 2.14. The molecule has 5 heteroatoms. The molecule has 0 aliphatic heterocycles. The van der Waals surface area contributed by atoms with Crippen molar-refractivity contribution in [3.63, 3.8) is 0 Å². The van der Waals surface area contributed by atoms with Gasteiger partial charge in [0.1, 0.15) is 0 Å². The summed E-state index contributed by atoms with van der Waals surface area (Å²) >= 11 is 0. The summed E-state index contributed by atoms with van der Waals surface area (Å²) in [5.74, 6) is -1.28. The lowest BCUT2D eigenvalue weighted by Gasteiger charge is -2.12. The van der Waals surface area contributed by atoms with Crippen molar-refractivity contribution in [1.29, 1.82) is 0 Å². The largest absolute Gasteiger partial charge is 0.481 e. The third-order valence-electron chi connectivity index (χ3n) is 3.49. The first-order valence-electron chi connectivity index (χ1n) is 7.45. The van der Waals surface area contributed by atoms with Crippen LogP contribution in [0.25, 0.3) is 11.1 Å². The van der Waals surface area contributed by atoms with Gasteiger partial charge < -0.3 is 16.2 Å². The van der Waals surface area contributed by atoms with Gasteiger partial charge in [0.25, 0.3) is 0 Å². The van der Waals surface area contributed by atoms with Crippen molar-refractivity contribution in [2.45, 2.75) is 18.9 Å². The number of carboxylic acids is 1. The monoisotopic (exact) mass is 312 g/mol. The van der Waals surface area contributed by atoms with Crippen LogP contribution in [-0.2, 0) is 16.0 Å². The highest BCUT2D eigenvalue weighted by atomic mass is 16.4.